The van der Waals surface area contributed by atoms with Gasteiger partial charge in [-0.05, 0) is 37.4 Å². The first kappa shape index (κ1) is 13.9. The van der Waals surface area contributed by atoms with Gasteiger partial charge in [-0.2, -0.15) is 0 Å². The Balaban J connectivity index is 2.06. The van der Waals surface area contributed by atoms with Gasteiger partial charge < -0.3 is 5.32 Å². The highest BCUT2D eigenvalue weighted by Gasteiger charge is 2.24. The Morgan fingerprint density at radius 1 is 1.22 bits per heavy atom. The molecule has 2 unspecified atom stereocenters. The Morgan fingerprint density at radius 3 is 2.50 bits per heavy atom. The van der Waals surface area contributed by atoms with Gasteiger partial charge in [0.25, 0.3) is 0 Å². The maximum absolute atomic E-state index is 6.00. The van der Waals surface area contributed by atoms with Gasteiger partial charge >= 0.3 is 0 Å². The average Bonchev–Trinajstić information content (AvgIpc) is 2.26. The normalized spacial score (nSPS) is 28.1. The SMILES string of the molecule is CSc1nc(Cl)cc(NC2CC(C)CC(C)C2)n1. The van der Waals surface area contributed by atoms with Gasteiger partial charge in [0.2, 0.25) is 0 Å². The summed E-state index contributed by atoms with van der Waals surface area (Å²) >= 11 is 7.51. The van der Waals surface area contributed by atoms with Crippen molar-refractivity contribution in [3.8, 4) is 0 Å². The zero-order valence-electron chi connectivity index (χ0n) is 11.1. The van der Waals surface area contributed by atoms with Crippen molar-refractivity contribution in [3.63, 3.8) is 0 Å². The van der Waals surface area contributed by atoms with Gasteiger partial charge in [0.05, 0.1) is 0 Å². The highest BCUT2D eigenvalue weighted by molar-refractivity contribution is 7.98. The van der Waals surface area contributed by atoms with Crippen LogP contribution in [0, 0.1) is 11.8 Å². The molecule has 2 rings (SSSR count). The van der Waals surface area contributed by atoms with Crippen molar-refractivity contribution in [2.75, 3.05) is 11.6 Å². The minimum atomic E-state index is 0.504. The van der Waals surface area contributed by atoms with Crippen LogP contribution >= 0.6 is 23.4 Å². The number of rotatable bonds is 3. The van der Waals surface area contributed by atoms with Gasteiger partial charge in [-0.3, -0.25) is 0 Å². The van der Waals surface area contributed by atoms with Crippen molar-refractivity contribution in [3.05, 3.63) is 11.2 Å². The van der Waals surface area contributed by atoms with E-state index < -0.39 is 0 Å². The molecule has 3 nitrogen and oxygen atoms in total. The lowest BCUT2D eigenvalue weighted by Gasteiger charge is -2.32. The predicted octanol–water partition coefficient (Wildman–Crippen LogP) is 4.09. The smallest absolute Gasteiger partial charge is 0.190 e. The van der Waals surface area contributed by atoms with E-state index in [1.165, 1.54) is 31.0 Å². The zero-order valence-corrected chi connectivity index (χ0v) is 12.7. The molecular weight excluding hydrogens is 266 g/mol. The molecule has 100 valence electrons. The number of nitrogens with one attached hydrogen (secondary N) is 1. The molecule has 1 fully saturated rings. The molecule has 1 aliphatic rings. The molecule has 1 aromatic rings. The molecule has 5 heteroatoms. The largest absolute Gasteiger partial charge is 0.367 e. The van der Waals surface area contributed by atoms with Crippen LogP contribution in [0.15, 0.2) is 11.2 Å². The summed E-state index contributed by atoms with van der Waals surface area (Å²) in [4.78, 5) is 8.61. The van der Waals surface area contributed by atoms with E-state index in [-0.39, 0.29) is 0 Å². The first-order valence-electron chi connectivity index (χ1n) is 6.42. The Labute approximate surface area is 118 Å². The first-order chi connectivity index (χ1) is 8.56. The van der Waals surface area contributed by atoms with E-state index >= 15 is 0 Å². The van der Waals surface area contributed by atoms with E-state index in [9.17, 15) is 0 Å². The number of nitrogens with zero attached hydrogens (tertiary/aromatic N) is 2. The van der Waals surface area contributed by atoms with Gasteiger partial charge in [0.15, 0.2) is 5.16 Å². The van der Waals surface area contributed by atoms with E-state index in [1.54, 1.807) is 0 Å². The third-order valence-corrected chi connectivity index (χ3v) is 4.13. The number of aromatic nitrogens is 2. The third kappa shape index (κ3) is 3.75. The van der Waals surface area contributed by atoms with Crippen molar-refractivity contribution in [2.24, 2.45) is 11.8 Å². The predicted molar refractivity (Wildman–Crippen MR) is 78.4 cm³/mol. The molecule has 1 N–H and O–H groups in total. The maximum atomic E-state index is 6.00. The van der Waals surface area contributed by atoms with E-state index in [2.05, 4.69) is 29.1 Å². The number of hydrogen-bond acceptors (Lipinski definition) is 4. The molecule has 0 aromatic carbocycles. The Hall–Kier alpha value is -0.480. The number of halogens is 1. The lowest BCUT2D eigenvalue weighted by atomic mass is 9.80. The summed E-state index contributed by atoms with van der Waals surface area (Å²) in [5, 5.41) is 4.74. The second-order valence-electron chi connectivity index (χ2n) is 5.32. The van der Waals surface area contributed by atoms with Crippen molar-refractivity contribution < 1.29 is 0 Å². The van der Waals surface area contributed by atoms with E-state index in [0.29, 0.717) is 11.2 Å². The van der Waals surface area contributed by atoms with E-state index in [1.807, 2.05) is 12.3 Å². The van der Waals surface area contributed by atoms with Crippen LogP contribution in [-0.4, -0.2) is 22.3 Å². The minimum Gasteiger partial charge on any atom is -0.367 e. The van der Waals surface area contributed by atoms with Gasteiger partial charge in [-0.1, -0.05) is 37.2 Å². The standard InChI is InChI=1S/C13H20ClN3S/c1-8-4-9(2)6-10(5-8)15-12-7-11(14)16-13(17-12)18-3/h7-10H,4-6H2,1-3H3,(H,15,16,17). The summed E-state index contributed by atoms with van der Waals surface area (Å²) in [6.45, 7) is 4.65. The van der Waals surface area contributed by atoms with Crippen LogP contribution in [0.1, 0.15) is 33.1 Å². The molecule has 0 radical (unpaired) electrons. The highest BCUT2D eigenvalue weighted by atomic mass is 35.5. The summed E-state index contributed by atoms with van der Waals surface area (Å²) < 4.78 is 0. The third-order valence-electron chi connectivity index (χ3n) is 3.39. The lowest BCUT2D eigenvalue weighted by molar-refractivity contribution is 0.280. The molecule has 0 amide bonds. The second kappa shape index (κ2) is 6.11. The summed E-state index contributed by atoms with van der Waals surface area (Å²) in [7, 11) is 0. The van der Waals surface area contributed by atoms with Crippen LogP contribution in [0.4, 0.5) is 5.82 Å². The van der Waals surface area contributed by atoms with Crippen molar-refractivity contribution in [1.82, 2.24) is 9.97 Å². The van der Waals surface area contributed by atoms with Crippen molar-refractivity contribution in [2.45, 2.75) is 44.3 Å². The van der Waals surface area contributed by atoms with E-state index in [0.717, 1.165) is 22.8 Å². The number of anilines is 1. The van der Waals surface area contributed by atoms with Crippen LogP contribution in [0.3, 0.4) is 0 Å². The number of hydrogen-bond donors (Lipinski definition) is 1. The number of thioether (sulfide) groups is 1. The fourth-order valence-electron chi connectivity index (χ4n) is 2.84. The first-order valence-corrected chi connectivity index (χ1v) is 8.02. The van der Waals surface area contributed by atoms with Crippen LogP contribution in [0.2, 0.25) is 5.15 Å². The van der Waals surface area contributed by atoms with Gasteiger partial charge in [-0.15, -0.1) is 0 Å². The van der Waals surface area contributed by atoms with Crippen LogP contribution in [0.25, 0.3) is 0 Å². The maximum Gasteiger partial charge on any atom is 0.190 e. The fourth-order valence-corrected chi connectivity index (χ4v) is 3.45. The van der Waals surface area contributed by atoms with Crippen molar-refractivity contribution >= 4 is 29.2 Å². The molecule has 0 bridgehead atoms. The summed E-state index contributed by atoms with van der Waals surface area (Å²) in [6, 6.07) is 2.31. The minimum absolute atomic E-state index is 0.504. The molecule has 0 saturated heterocycles. The fraction of sp³-hybridized carbons (Fsp3) is 0.692. The average molecular weight is 286 g/mol. The molecular formula is C13H20ClN3S. The molecule has 1 saturated carbocycles. The summed E-state index contributed by atoms with van der Waals surface area (Å²) in [5.41, 5.74) is 0. The molecule has 0 aliphatic heterocycles. The van der Waals surface area contributed by atoms with Gasteiger partial charge in [0.1, 0.15) is 11.0 Å². The van der Waals surface area contributed by atoms with Gasteiger partial charge in [-0.25, -0.2) is 9.97 Å². The van der Waals surface area contributed by atoms with E-state index in [4.69, 9.17) is 11.6 Å². The molecule has 1 aliphatic carbocycles. The monoisotopic (exact) mass is 285 g/mol. The highest BCUT2D eigenvalue weighted by Crippen LogP contribution is 2.30. The molecule has 1 aromatic heterocycles. The molecule has 18 heavy (non-hydrogen) atoms. The van der Waals surface area contributed by atoms with Crippen LogP contribution in [0.5, 0.6) is 0 Å². The second-order valence-corrected chi connectivity index (χ2v) is 6.48. The molecule has 0 spiro atoms. The summed E-state index contributed by atoms with van der Waals surface area (Å²) in [6.07, 6.45) is 5.71. The Bertz CT molecular complexity index is 403. The summed E-state index contributed by atoms with van der Waals surface area (Å²) in [5.74, 6) is 2.41. The van der Waals surface area contributed by atoms with Crippen molar-refractivity contribution in [1.29, 1.82) is 0 Å². The lowest BCUT2D eigenvalue weighted by Crippen LogP contribution is -2.30. The Kier molecular flexibility index (Phi) is 4.73. The van der Waals surface area contributed by atoms with Gasteiger partial charge in [0, 0.05) is 12.1 Å². The zero-order chi connectivity index (χ0) is 13.1. The topological polar surface area (TPSA) is 37.8 Å². The molecule has 1 heterocycles. The van der Waals surface area contributed by atoms with Crippen LogP contribution in [-0.2, 0) is 0 Å². The quantitative estimate of drug-likeness (QED) is 0.516. The molecule has 2 atom stereocenters. The van der Waals surface area contributed by atoms with Crippen LogP contribution < -0.4 is 5.32 Å². The Morgan fingerprint density at radius 2 is 1.89 bits per heavy atom.